The number of likely N-dealkylation sites (tertiary alicyclic amines) is 1. The number of ether oxygens (including phenoxy) is 2. The zero-order valence-corrected chi connectivity index (χ0v) is 20.7. The summed E-state index contributed by atoms with van der Waals surface area (Å²) in [4.78, 5) is 35.0. The van der Waals surface area contributed by atoms with E-state index < -0.39 is 11.7 Å². The molecule has 6 nitrogen and oxygen atoms in total. The number of hydrogen-bond donors (Lipinski definition) is 0. The zero-order chi connectivity index (χ0) is 24.9. The first kappa shape index (κ1) is 27.9. The van der Waals surface area contributed by atoms with Gasteiger partial charge in [0.15, 0.2) is 0 Å². The van der Waals surface area contributed by atoms with Crippen LogP contribution in [0.25, 0.3) is 11.1 Å². The lowest BCUT2D eigenvalue weighted by Gasteiger charge is -2.27. The zero-order valence-electron chi connectivity index (χ0n) is 20.7. The van der Waals surface area contributed by atoms with E-state index in [9.17, 15) is 14.4 Å². The molecule has 1 fully saturated rings. The standard InChI is InChI=1S/C22H25NO3.C3H6O2.C2H6/c1-22(2,3)26-21(25)23-19(13-14-20(23)24)15-16-9-11-18(12-10-16)17-7-5-4-6-8-17;1-2-5-3-4;1-2/h4-12,19H,13-15H2,1-3H3;3H,2H2,1H3;1-2H3/t19-;;/m0../s1. The van der Waals surface area contributed by atoms with Gasteiger partial charge in [0.1, 0.15) is 5.60 Å². The van der Waals surface area contributed by atoms with Gasteiger partial charge in [-0.1, -0.05) is 68.4 Å². The maximum atomic E-state index is 12.4. The molecule has 1 saturated heterocycles. The summed E-state index contributed by atoms with van der Waals surface area (Å²) in [5, 5.41) is 0. The lowest BCUT2D eigenvalue weighted by atomic mass is 10.00. The van der Waals surface area contributed by atoms with Gasteiger partial charge in [0.05, 0.1) is 6.61 Å². The first-order chi connectivity index (χ1) is 15.7. The highest BCUT2D eigenvalue weighted by Crippen LogP contribution is 2.26. The van der Waals surface area contributed by atoms with Crippen molar-refractivity contribution in [3.8, 4) is 11.1 Å². The minimum atomic E-state index is -0.609. The number of hydrogen-bond acceptors (Lipinski definition) is 5. The maximum Gasteiger partial charge on any atom is 0.417 e. The molecule has 1 heterocycles. The highest BCUT2D eigenvalue weighted by atomic mass is 16.6. The van der Waals surface area contributed by atoms with E-state index in [-0.39, 0.29) is 11.9 Å². The lowest BCUT2D eigenvalue weighted by molar-refractivity contribution is -0.129. The van der Waals surface area contributed by atoms with Crippen molar-refractivity contribution in [1.82, 2.24) is 4.90 Å². The minimum absolute atomic E-state index is 0.139. The molecule has 33 heavy (non-hydrogen) atoms. The van der Waals surface area contributed by atoms with Crippen LogP contribution in [0.4, 0.5) is 4.79 Å². The lowest BCUT2D eigenvalue weighted by Crippen LogP contribution is -2.43. The summed E-state index contributed by atoms with van der Waals surface area (Å²) in [7, 11) is 0. The molecular weight excluding hydrogens is 418 g/mol. The normalized spacial score (nSPS) is 14.9. The third-order valence-electron chi connectivity index (χ3n) is 4.68. The van der Waals surface area contributed by atoms with Gasteiger partial charge in [0.25, 0.3) is 6.47 Å². The molecule has 0 saturated carbocycles. The molecule has 3 rings (SSSR count). The van der Waals surface area contributed by atoms with Gasteiger partial charge in [-0.25, -0.2) is 9.69 Å². The van der Waals surface area contributed by atoms with Gasteiger partial charge in [-0.15, -0.1) is 0 Å². The summed E-state index contributed by atoms with van der Waals surface area (Å²) in [5.41, 5.74) is 2.83. The van der Waals surface area contributed by atoms with E-state index in [4.69, 9.17) is 4.74 Å². The van der Waals surface area contributed by atoms with Crippen LogP contribution in [-0.4, -0.2) is 41.6 Å². The van der Waals surface area contributed by atoms with Gasteiger partial charge < -0.3 is 9.47 Å². The number of carbonyl (C=O) groups is 3. The number of amides is 2. The second-order valence-electron chi connectivity index (χ2n) is 8.26. The van der Waals surface area contributed by atoms with Gasteiger partial charge in [0, 0.05) is 12.5 Å². The minimum Gasteiger partial charge on any atom is -0.468 e. The summed E-state index contributed by atoms with van der Waals surface area (Å²) < 4.78 is 9.56. The van der Waals surface area contributed by atoms with Crippen molar-refractivity contribution < 1.29 is 23.9 Å². The average molecular weight is 456 g/mol. The van der Waals surface area contributed by atoms with Crippen LogP contribution in [-0.2, 0) is 25.5 Å². The molecule has 6 heteroatoms. The van der Waals surface area contributed by atoms with E-state index in [2.05, 4.69) is 41.1 Å². The monoisotopic (exact) mass is 455 g/mol. The third-order valence-corrected chi connectivity index (χ3v) is 4.68. The van der Waals surface area contributed by atoms with Crippen molar-refractivity contribution >= 4 is 18.5 Å². The Morgan fingerprint density at radius 2 is 1.61 bits per heavy atom. The van der Waals surface area contributed by atoms with E-state index >= 15 is 0 Å². The predicted molar refractivity (Wildman–Crippen MR) is 131 cm³/mol. The SMILES string of the molecule is CC.CC(C)(C)OC(=O)N1C(=O)CC[C@H]1Cc1ccc(-c2ccccc2)cc1.CCOC=O. The smallest absolute Gasteiger partial charge is 0.417 e. The first-order valence-corrected chi connectivity index (χ1v) is 11.5. The Morgan fingerprint density at radius 1 is 1.03 bits per heavy atom. The van der Waals surface area contributed by atoms with E-state index in [0.29, 0.717) is 32.3 Å². The third kappa shape index (κ3) is 9.48. The van der Waals surface area contributed by atoms with Crippen LogP contribution in [0.3, 0.4) is 0 Å². The average Bonchev–Trinajstić information content (AvgIpc) is 3.16. The van der Waals surface area contributed by atoms with Crippen molar-refractivity contribution in [2.75, 3.05) is 6.61 Å². The van der Waals surface area contributed by atoms with Gasteiger partial charge in [-0.2, -0.15) is 0 Å². The van der Waals surface area contributed by atoms with Crippen LogP contribution in [0.15, 0.2) is 54.6 Å². The Kier molecular flexibility index (Phi) is 11.9. The molecule has 0 radical (unpaired) electrons. The van der Waals surface area contributed by atoms with Crippen LogP contribution < -0.4 is 0 Å². The van der Waals surface area contributed by atoms with Crippen molar-refractivity contribution in [2.24, 2.45) is 0 Å². The molecule has 180 valence electrons. The van der Waals surface area contributed by atoms with Gasteiger partial charge >= 0.3 is 6.09 Å². The molecule has 0 N–H and O–H groups in total. The van der Waals surface area contributed by atoms with E-state index in [1.54, 1.807) is 6.92 Å². The molecular formula is C27H37NO5. The second-order valence-corrected chi connectivity index (χ2v) is 8.26. The van der Waals surface area contributed by atoms with Crippen molar-refractivity contribution in [1.29, 1.82) is 0 Å². The maximum absolute atomic E-state index is 12.4. The van der Waals surface area contributed by atoms with Crippen molar-refractivity contribution in [2.45, 2.75) is 72.4 Å². The Balaban J connectivity index is 0.000000689. The number of benzene rings is 2. The highest BCUT2D eigenvalue weighted by Gasteiger charge is 2.38. The molecule has 1 aliphatic heterocycles. The summed E-state index contributed by atoms with van der Waals surface area (Å²) in [6.07, 6.45) is 1.19. The van der Waals surface area contributed by atoms with Crippen LogP contribution in [0.5, 0.6) is 0 Å². The Morgan fingerprint density at radius 3 is 2.09 bits per heavy atom. The second kappa shape index (κ2) is 14.1. The van der Waals surface area contributed by atoms with Crippen LogP contribution in [0.2, 0.25) is 0 Å². The van der Waals surface area contributed by atoms with E-state index in [0.717, 1.165) is 11.1 Å². The molecule has 0 spiro atoms. The molecule has 0 aliphatic carbocycles. The fourth-order valence-corrected chi connectivity index (χ4v) is 3.30. The van der Waals surface area contributed by atoms with Gasteiger partial charge in [0.2, 0.25) is 5.91 Å². The number of nitrogens with zero attached hydrogens (tertiary/aromatic N) is 1. The summed E-state index contributed by atoms with van der Waals surface area (Å²) in [5.74, 6) is -0.148. The molecule has 0 aromatic heterocycles. The van der Waals surface area contributed by atoms with Gasteiger partial charge in [-0.05, 0) is 57.2 Å². The Labute approximate surface area is 197 Å². The summed E-state index contributed by atoms with van der Waals surface area (Å²) in [6.45, 7) is 12.1. The van der Waals surface area contributed by atoms with Crippen molar-refractivity contribution in [3.63, 3.8) is 0 Å². The molecule has 2 aromatic rings. The fourth-order valence-electron chi connectivity index (χ4n) is 3.30. The molecule has 0 unspecified atom stereocenters. The number of carbonyl (C=O) groups excluding carboxylic acids is 3. The molecule has 1 atom stereocenters. The molecule has 2 amide bonds. The van der Waals surface area contributed by atoms with Crippen LogP contribution >= 0.6 is 0 Å². The topological polar surface area (TPSA) is 72.9 Å². The largest absolute Gasteiger partial charge is 0.468 e. The summed E-state index contributed by atoms with van der Waals surface area (Å²) in [6, 6.07) is 18.4. The Bertz CT molecular complexity index is 856. The first-order valence-electron chi connectivity index (χ1n) is 11.5. The van der Waals surface area contributed by atoms with Crippen LogP contribution in [0.1, 0.15) is 59.9 Å². The highest BCUT2D eigenvalue weighted by molar-refractivity contribution is 5.94. The number of imide groups is 1. The van der Waals surface area contributed by atoms with Crippen LogP contribution in [0, 0.1) is 0 Å². The Hall–Kier alpha value is -3.15. The molecule has 2 aromatic carbocycles. The van der Waals surface area contributed by atoms with E-state index in [1.807, 2.05) is 52.8 Å². The summed E-state index contributed by atoms with van der Waals surface area (Å²) >= 11 is 0. The van der Waals surface area contributed by atoms with E-state index in [1.165, 1.54) is 10.5 Å². The van der Waals surface area contributed by atoms with Crippen molar-refractivity contribution in [3.05, 3.63) is 60.2 Å². The fraction of sp³-hybridized carbons (Fsp3) is 0.444. The number of rotatable bonds is 5. The molecule has 1 aliphatic rings. The predicted octanol–water partition coefficient (Wildman–Crippen LogP) is 6.03. The van der Waals surface area contributed by atoms with Gasteiger partial charge in [-0.3, -0.25) is 9.59 Å². The molecule has 0 bridgehead atoms. The quantitative estimate of drug-likeness (QED) is 0.515.